The number of hydrogen-bond acceptors (Lipinski definition) is 5. The SMILES string of the molecule is C=CCC1(c2ccc(F)cc2)CCN([C@@H](C)c2ccc(-c3nnc(C)s3)cc2)C(=O)O1. The summed E-state index contributed by atoms with van der Waals surface area (Å²) in [4.78, 5) is 14.7. The molecule has 1 aromatic heterocycles. The van der Waals surface area contributed by atoms with Crippen LogP contribution in [0.2, 0.25) is 0 Å². The fourth-order valence-electron chi connectivity index (χ4n) is 3.97. The zero-order valence-electron chi connectivity index (χ0n) is 17.5. The topological polar surface area (TPSA) is 55.3 Å². The van der Waals surface area contributed by atoms with Crippen LogP contribution in [0.15, 0.2) is 61.2 Å². The number of carbonyl (C=O) groups excluding carboxylic acids is 1. The molecule has 1 unspecified atom stereocenters. The van der Waals surface area contributed by atoms with E-state index in [4.69, 9.17) is 4.74 Å². The summed E-state index contributed by atoms with van der Waals surface area (Å²) < 4.78 is 19.4. The van der Waals surface area contributed by atoms with Crippen LogP contribution in [0.3, 0.4) is 0 Å². The molecule has 1 fully saturated rings. The van der Waals surface area contributed by atoms with Crippen LogP contribution in [0.25, 0.3) is 10.6 Å². The molecule has 4 rings (SSSR count). The smallest absolute Gasteiger partial charge is 0.411 e. The van der Waals surface area contributed by atoms with Crippen molar-refractivity contribution in [2.75, 3.05) is 6.54 Å². The minimum absolute atomic E-state index is 0.146. The van der Waals surface area contributed by atoms with Gasteiger partial charge in [0.05, 0.1) is 6.04 Å². The summed E-state index contributed by atoms with van der Waals surface area (Å²) in [6.45, 7) is 8.27. The van der Waals surface area contributed by atoms with Crippen molar-refractivity contribution in [2.45, 2.75) is 38.3 Å². The van der Waals surface area contributed by atoms with Crippen molar-refractivity contribution in [3.05, 3.63) is 83.1 Å². The van der Waals surface area contributed by atoms with Gasteiger partial charge in [-0.1, -0.05) is 53.8 Å². The van der Waals surface area contributed by atoms with E-state index in [-0.39, 0.29) is 18.0 Å². The third-order valence-electron chi connectivity index (χ3n) is 5.75. The van der Waals surface area contributed by atoms with E-state index in [1.165, 1.54) is 12.1 Å². The molecule has 0 aliphatic carbocycles. The minimum Gasteiger partial charge on any atom is -0.437 e. The Bertz CT molecular complexity index is 1080. The standard InChI is InChI=1S/C24H24FN3O2S/c1-4-13-24(20-9-11-21(25)12-10-20)14-15-28(23(29)30-24)16(2)18-5-7-19(8-6-18)22-27-26-17(3)31-22/h4-12,16H,1,13-15H2,2-3H3/t16-,24?/m0/s1. The van der Waals surface area contributed by atoms with E-state index < -0.39 is 5.60 Å². The summed E-state index contributed by atoms with van der Waals surface area (Å²) in [6.07, 6.45) is 2.43. The van der Waals surface area contributed by atoms with Gasteiger partial charge in [0.1, 0.15) is 21.4 Å². The van der Waals surface area contributed by atoms with Gasteiger partial charge >= 0.3 is 6.09 Å². The molecular formula is C24H24FN3O2S. The Morgan fingerprint density at radius 1 is 1.23 bits per heavy atom. The maximum Gasteiger partial charge on any atom is 0.411 e. The van der Waals surface area contributed by atoms with Gasteiger partial charge in [-0.2, -0.15) is 0 Å². The predicted molar refractivity (Wildman–Crippen MR) is 119 cm³/mol. The molecule has 0 spiro atoms. The van der Waals surface area contributed by atoms with E-state index in [1.807, 2.05) is 38.1 Å². The number of rotatable bonds is 6. The summed E-state index contributed by atoms with van der Waals surface area (Å²) in [7, 11) is 0. The Morgan fingerprint density at radius 3 is 2.52 bits per heavy atom. The van der Waals surface area contributed by atoms with Crippen LogP contribution in [-0.2, 0) is 10.3 Å². The van der Waals surface area contributed by atoms with Crippen molar-refractivity contribution in [2.24, 2.45) is 0 Å². The zero-order valence-corrected chi connectivity index (χ0v) is 18.4. The lowest BCUT2D eigenvalue weighted by atomic mass is 9.85. The maximum atomic E-state index is 13.4. The summed E-state index contributed by atoms with van der Waals surface area (Å²) in [6, 6.07) is 14.0. The van der Waals surface area contributed by atoms with Crippen LogP contribution in [-0.4, -0.2) is 27.7 Å². The van der Waals surface area contributed by atoms with E-state index in [9.17, 15) is 9.18 Å². The molecule has 1 aliphatic rings. The van der Waals surface area contributed by atoms with Crippen molar-refractivity contribution in [3.8, 4) is 10.6 Å². The van der Waals surface area contributed by atoms with Gasteiger partial charge < -0.3 is 9.64 Å². The van der Waals surface area contributed by atoms with E-state index in [0.717, 1.165) is 26.7 Å². The molecule has 1 saturated heterocycles. The Labute approximate surface area is 185 Å². The van der Waals surface area contributed by atoms with Gasteiger partial charge in [0.25, 0.3) is 0 Å². The van der Waals surface area contributed by atoms with Gasteiger partial charge in [-0.3, -0.25) is 0 Å². The lowest BCUT2D eigenvalue weighted by Gasteiger charge is -2.43. The van der Waals surface area contributed by atoms with Gasteiger partial charge in [0.15, 0.2) is 0 Å². The monoisotopic (exact) mass is 437 g/mol. The van der Waals surface area contributed by atoms with Crippen LogP contribution in [0, 0.1) is 12.7 Å². The molecule has 0 radical (unpaired) electrons. The molecule has 1 aliphatic heterocycles. The summed E-state index contributed by atoms with van der Waals surface area (Å²) in [5.74, 6) is -0.318. The Kier molecular flexibility index (Phi) is 5.87. The largest absolute Gasteiger partial charge is 0.437 e. The van der Waals surface area contributed by atoms with Crippen molar-refractivity contribution >= 4 is 17.4 Å². The molecule has 2 heterocycles. The number of halogens is 1. The number of carbonyl (C=O) groups is 1. The summed E-state index contributed by atoms with van der Waals surface area (Å²) in [5, 5.41) is 10.0. The molecule has 0 bridgehead atoms. The van der Waals surface area contributed by atoms with E-state index in [2.05, 4.69) is 16.8 Å². The lowest BCUT2D eigenvalue weighted by Crippen LogP contribution is -2.48. The average molecular weight is 438 g/mol. The van der Waals surface area contributed by atoms with Crippen LogP contribution in [0.1, 0.15) is 41.9 Å². The second-order valence-corrected chi connectivity index (χ2v) is 8.91. The first kappa shape index (κ1) is 21.2. The number of cyclic esters (lactones) is 1. The molecule has 0 saturated carbocycles. The highest BCUT2D eigenvalue weighted by Gasteiger charge is 2.42. The summed E-state index contributed by atoms with van der Waals surface area (Å²) >= 11 is 1.55. The number of amides is 1. The van der Waals surface area contributed by atoms with Crippen molar-refractivity contribution in [3.63, 3.8) is 0 Å². The fourth-order valence-corrected chi connectivity index (χ4v) is 4.67. The van der Waals surface area contributed by atoms with Crippen LogP contribution < -0.4 is 0 Å². The van der Waals surface area contributed by atoms with Crippen LogP contribution >= 0.6 is 11.3 Å². The summed E-state index contributed by atoms with van der Waals surface area (Å²) in [5.41, 5.74) is 1.98. The number of benzene rings is 2. The van der Waals surface area contributed by atoms with Gasteiger partial charge in [0, 0.05) is 24.9 Å². The number of ether oxygens (including phenoxy) is 1. The first-order valence-electron chi connectivity index (χ1n) is 10.2. The molecule has 3 aromatic rings. The lowest BCUT2D eigenvalue weighted by molar-refractivity contribution is -0.0588. The number of aromatic nitrogens is 2. The predicted octanol–water partition coefficient (Wildman–Crippen LogP) is 6.03. The molecule has 7 heteroatoms. The van der Waals surface area contributed by atoms with E-state index >= 15 is 0 Å². The van der Waals surface area contributed by atoms with Crippen LogP contribution in [0.4, 0.5) is 9.18 Å². The van der Waals surface area contributed by atoms with Gasteiger partial charge in [-0.25, -0.2) is 9.18 Å². The molecule has 31 heavy (non-hydrogen) atoms. The fraction of sp³-hybridized carbons (Fsp3) is 0.292. The first-order chi connectivity index (χ1) is 14.9. The zero-order chi connectivity index (χ0) is 22.0. The van der Waals surface area contributed by atoms with Gasteiger partial charge in [-0.15, -0.1) is 16.8 Å². The molecular weight excluding hydrogens is 413 g/mol. The molecule has 2 atom stereocenters. The molecule has 1 amide bonds. The maximum absolute atomic E-state index is 13.4. The van der Waals surface area contributed by atoms with E-state index in [1.54, 1.807) is 34.4 Å². The molecule has 2 aromatic carbocycles. The Morgan fingerprint density at radius 2 is 1.94 bits per heavy atom. The Hall–Kier alpha value is -3.06. The third-order valence-corrected chi connectivity index (χ3v) is 6.64. The van der Waals surface area contributed by atoms with Crippen LogP contribution in [0.5, 0.6) is 0 Å². The minimum atomic E-state index is -0.817. The highest BCUT2D eigenvalue weighted by molar-refractivity contribution is 7.14. The molecule has 5 nitrogen and oxygen atoms in total. The first-order valence-corrected chi connectivity index (χ1v) is 11.0. The number of nitrogens with zero attached hydrogens (tertiary/aromatic N) is 3. The van der Waals surface area contributed by atoms with Crippen molar-refractivity contribution < 1.29 is 13.9 Å². The van der Waals surface area contributed by atoms with Gasteiger partial charge in [-0.05, 0) is 37.1 Å². The second kappa shape index (κ2) is 8.59. The number of hydrogen-bond donors (Lipinski definition) is 0. The normalized spacial score (nSPS) is 19.7. The van der Waals surface area contributed by atoms with E-state index in [0.29, 0.717) is 19.4 Å². The second-order valence-electron chi connectivity index (χ2n) is 7.73. The molecule has 160 valence electrons. The Balaban J connectivity index is 1.51. The number of aryl methyl sites for hydroxylation is 1. The van der Waals surface area contributed by atoms with Crippen molar-refractivity contribution in [1.29, 1.82) is 0 Å². The highest BCUT2D eigenvalue weighted by atomic mass is 32.1. The van der Waals surface area contributed by atoms with Crippen molar-refractivity contribution in [1.82, 2.24) is 15.1 Å². The van der Waals surface area contributed by atoms with Gasteiger partial charge in [0.2, 0.25) is 0 Å². The average Bonchev–Trinajstić information content (AvgIpc) is 3.20. The highest BCUT2D eigenvalue weighted by Crippen LogP contribution is 2.40. The quantitative estimate of drug-likeness (QED) is 0.442. The third kappa shape index (κ3) is 4.23. The molecule has 0 N–H and O–H groups in total.